The first-order valence-electron chi connectivity index (χ1n) is 6.29. The molecule has 0 fully saturated rings. The molecule has 0 aliphatic heterocycles. The standard InChI is InChI=1S/C14H18N2OS/c1-3-4-5-13-15-14(17-16-13)10-18-12-8-6-11(2)7-9-12/h6-9H,3-5,10H2,1-2H3. The van der Waals surface area contributed by atoms with Crippen molar-refractivity contribution < 1.29 is 4.52 Å². The van der Waals surface area contributed by atoms with Crippen LogP contribution in [0.3, 0.4) is 0 Å². The van der Waals surface area contributed by atoms with Gasteiger partial charge in [0.2, 0.25) is 5.89 Å². The SMILES string of the molecule is CCCCc1noc(CSc2ccc(C)cc2)n1. The van der Waals surface area contributed by atoms with Gasteiger partial charge in [0.1, 0.15) is 0 Å². The zero-order valence-corrected chi connectivity index (χ0v) is 11.7. The van der Waals surface area contributed by atoms with E-state index in [9.17, 15) is 0 Å². The molecule has 0 radical (unpaired) electrons. The molecular formula is C14H18N2OS. The lowest BCUT2D eigenvalue weighted by molar-refractivity contribution is 0.384. The number of rotatable bonds is 6. The Kier molecular flexibility index (Phi) is 4.81. The van der Waals surface area contributed by atoms with E-state index in [4.69, 9.17) is 4.52 Å². The molecule has 0 amide bonds. The number of aryl methyl sites for hydroxylation is 2. The van der Waals surface area contributed by atoms with E-state index in [2.05, 4.69) is 48.3 Å². The molecule has 4 heteroatoms. The van der Waals surface area contributed by atoms with Crippen molar-refractivity contribution in [3.8, 4) is 0 Å². The Morgan fingerprint density at radius 1 is 1.22 bits per heavy atom. The van der Waals surface area contributed by atoms with E-state index in [1.165, 1.54) is 10.5 Å². The smallest absolute Gasteiger partial charge is 0.237 e. The number of unbranched alkanes of at least 4 members (excludes halogenated alkanes) is 1. The highest BCUT2D eigenvalue weighted by molar-refractivity contribution is 7.98. The molecule has 1 heterocycles. The summed E-state index contributed by atoms with van der Waals surface area (Å²) in [5.74, 6) is 2.28. The van der Waals surface area contributed by atoms with Crippen molar-refractivity contribution in [1.29, 1.82) is 0 Å². The van der Waals surface area contributed by atoms with Crippen molar-refractivity contribution in [2.75, 3.05) is 0 Å². The van der Waals surface area contributed by atoms with Crippen LogP contribution < -0.4 is 0 Å². The van der Waals surface area contributed by atoms with Gasteiger partial charge < -0.3 is 4.52 Å². The molecule has 0 saturated heterocycles. The van der Waals surface area contributed by atoms with Crippen LogP contribution in [0, 0.1) is 6.92 Å². The zero-order valence-electron chi connectivity index (χ0n) is 10.8. The number of thioether (sulfide) groups is 1. The van der Waals surface area contributed by atoms with Gasteiger partial charge in [0, 0.05) is 11.3 Å². The van der Waals surface area contributed by atoms with Gasteiger partial charge in [-0.2, -0.15) is 4.98 Å². The second-order valence-corrected chi connectivity index (χ2v) is 5.36. The first-order valence-corrected chi connectivity index (χ1v) is 7.27. The summed E-state index contributed by atoms with van der Waals surface area (Å²) in [7, 11) is 0. The fraction of sp³-hybridized carbons (Fsp3) is 0.429. The van der Waals surface area contributed by atoms with Crippen molar-refractivity contribution in [1.82, 2.24) is 10.1 Å². The van der Waals surface area contributed by atoms with Gasteiger partial charge in [0.25, 0.3) is 0 Å². The molecule has 2 aromatic rings. The lowest BCUT2D eigenvalue weighted by Crippen LogP contribution is -1.88. The summed E-state index contributed by atoms with van der Waals surface area (Å²) in [6, 6.07) is 8.47. The average molecular weight is 262 g/mol. The summed E-state index contributed by atoms with van der Waals surface area (Å²) in [4.78, 5) is 5.61. The van der Waals surface area contributed by atoms with Crippen molar-refractivity contribution in [2.45, 2.75) is 43.8 Å². The minimum absolute atomic E-state index is 0.715. The van der Waals surface area contributed by atoms with Gasteiger partial charge in [-0.15, -0.1) is 11.8 Å². The Bertz CT molecular complexity index is 479. The summed E-state index contributed by atoms with van der Waals surface area (Å²) in [5, 5.41) is 3.98. The second-order valence-electron chi connectivity index (χ2n) is 4.31. The molecule has 96 valence electrons. The van der Waals surface area contributed by atoms with Crippen molar-refractivity contribution in [3.63, 3.8) is 0 Å². The Balaban J connectivity index is 1.86. The number of hydrogen-bond donors (Lipinski definition) is 0. The fourth-order valence-corrected chi connectivity index (χ4v) is 2.30. The molecule has 0 N–H and O–H groups in total. The predicted octanol–water partition coefficient (Wildman–Crippen LogP) is 4.01. The molecule has 0 bridgehead atoms. The maximum absolute atomic E-state index is 5.23. The molecule has 18 heavy (non-hydrogen) atoms. The number of aromatic nitrogens is 2. The van der Waals surface area contributed by atoms with E-state index in [1.807, 2.05) is 0 Å². The minimum atomic E-state index is 0.715. The Morgan fingerprint density at radius 3 is 2.72 bits per heavy atom. The molecular weight excluding hydrogens is 244 g/mol. The fourth-order valence-electron chi connectivity index (χ4n) is 1.56. The van der Waals surface area contributed by atoms with Gasteiger partial charge in [-0.05, 0) is 25.5 Å². The molecule has 0 saturated carbocycles. The predicted molar refractivity (Wildman–Crippen MR) is 73.7 cm³/mol. The van der Waals surface area contributed by atoms with Crippen LogP contribution in [0.1, 0.15) is 37.0 Å². The monoisotopic (exact) mass is 262 g/mol. The number of nitrogens with zero attached hydrogens (tertiary/aromatic N) is 2. The minimum Gasteiger partial charge on any atom is -0.338 e. The molecule has 2 rings (SSSR count). The molecule has 0 spiro atoms. The molecule has 1 aromatic heterocycles. The molecule has 3 nitrogen and oxygen atoms in total. The Morgan fingerprint density at radius 2 is 2.00 bits per heavy atom. The second kappa shape index (κ2) is 6.59. The Labute approximate surface area is 112 Å². The first-order chi connectivity index (χ1) is 8.78. The van der Waals surface area contributed by atoms with E-state index >= 15 is 0 Å². The van der Waals surface area contributed by atoms with Crippen LogP contribution in [-0.4, -0.2) is 10.1 Å². The van der Waals surface area contributed by atoms with Gasteiger partial charge in [0.05, 0.1) is 5.75 Å². The highest BCUT2D eigenvalue weighted by Gasteiger charge is 2.06. The average Bonchev–Trinajstić information content (AvgIpc) is 2.84. The number of benzene rings is 1. The summed E-state index contributed by atoms with van der Waals surface area (Å²) >= 11 is 1.72. The van der Waals surface area contributed by atoms with Crippen LogP contribution in [0.5, 0.6) is 0 Å². The van der Waals surface area contributed by atoms with Crippen LogP contribution in [0.2, 0.25) is 0 Å². The van der Waals surface area contributed by atoms with Gasteiger partial charge in [-0.1, -0.05) is 36.2 Å². The molecule has 1 aromatic carbocycles. The Hall–Kier alpha value is -1.29. The summed E-state index contributed by atoms with van der Waals surface area (Å²) in [5.41, 5.74) is 1.28. The zero-order chi connectivity index (χ0) is 12.8. The summed E-state index contributed by atoms with van der Waals surface area (Å²) in [6.07, 6.45) is 3.18. The van der Waals surface area contributed by atoms with Gasteiger partial charge in [0.15, 0.2) is 5.82 Å². The van der Waals surface area contributed by atoms with Gasteiger partial charge >= 0.3 is 0 Å². The van der Waals surface area contributed by atoms with E-state index in [-0.39, 0.29) is 0 Å². The lowest BCUT2D eigenvalue weighted by Gasteiger charge is -1.98. The maximum atomic E-state index is 5.23. The van der Waals surface area contributed by atoms with Crippen molar-refractivity contribution in [2.24, 2.45) is 0 Å². The number of hydrogen-bond acceptors (Lipinski definition) is 4. The van der Waals surface area contributed by atoms with Crippen molar-refractivity contribution in [3.05, 3.63) is 41.5 Å². The van der Waals surface area contributed by atoms with Crippen molar-refractivity contribution >= 4 is 11.8 Å². The lowest BCUT2D eigenvalue weighted by atomic mass is 10.2. The topological polar surface area (TPSA) is 38.9 Å². The quantitative estimate of drug-likeness (QED) is 0.737. The molecule has 0 atom stereocenters. The largest absolute Gasteiger partial charge is 0.338 e. The molecule has 0 unspecified atom stereocenters. The molecule has 0 aliphatic carbocycles. The third kappa shape index (κ3) is 3.88. The van der Waals surface area contributed by atoms with E-state index in [0.717, 1.165) is 30.8 Å². The van der Waals surface area contributed by atoms with E-state index in [1.54, 1.807) is 11.8 Å². The summed E-state index contributed by atoms with van der Waals surface area (Å²) < 4.78 is 5.23. The normalized spacial score (nSPS) is 10.8. The third-order valence-corrected chi connectivity index (χ3v) is 3.64. The highest BCUT2D eigenvalue weighted by Crippen LogP contribution is 2.22. The van der Waals surface area contributed by atoms with Crippen LogP contribution in [0.15, 0.2) is 33.7 Å². The third-order valence-electron chi connectivity index (χ3n) is 2.65. The van der Waals surface area contributed by atoms with Crippen LogP contribution >= 0.6 is 11.8 Å². The van der Waals surface area contributed by atoms with E-state index < -0.39 is 0 Å². The molecule has 0 aliphatic rings. The summed E-state index contributed by atoms with van der Waals surface area (Å²) in [6.45, 7) is 4.25. The highest BCUT2D eigenvalue weighted by atomic mass is 32.2. The first kappa shape index (κ1) is 13.1. The maximum Gasteiger partial charge on any atom is 0.237 e. The van der Waals surface area contributed by atoms with E-state index in [0.29, 0.717) is 5.89 Å². The van der Waals surface area contributed by atoms with Gasteiger partial charge in [-0.25, -0.2) is 0 Å². The van der Waals surface area contributed by atoms with Crippen LogP contribution in [0.4, 0.5) is 0 Å². The van der Waals surface area contributed by atoms with Gasteiger partial charge in [-0.3, -0.25) is 0 Å². The van der Waals surface area contributed by atoms with Crippen LogP contribution in [-0.2, 0) is 12.2 Å². The van der Waals surface area contributed by atoms with Crippen LogP contribution in [0.25, 0.3) is 0 Å².